The van der Waals surface area contributed by atoms with Crippen LogP contribution < -0.4 is 15.4 Å². The van der Waals surface area contributed by atoms with Gasteiger partial charge in [0, 0.05) is 5.69 Å². The van der Waals surface area contributed by atoms with E-state index >= 15 is 0 Å². The predicted molar refractivity (Wildman–Crippen MR) is 100 cm³/mol. The van der Waals surface area contributed by atoms with E-state index in [1.165, 1.54) is 12.1 Å². The molecule has 2 amide bonds. The van der Waals surface area contributed by atoms with Gasteiger partial charge < -0.3 is 20.1 Å². The highest BCUT2D eigenvalue weighted by Gasteiger charge is 2.31. The maximum Gasteiger partial charge on any atom is 0.573 e. The second-order valence-corrected chi connectivity index (χ2v) is 6.49. The van der Waals surface area contributed by atoms with E-state index in [2.05, 4.69) is 15.4 Å². The van der Waals surface area contributed by atoms with Gasteiger partial charge in [-0.3, -0.25) is 4.79 Å². The molecule has 0 spiro atoms. The lowest BCUT2D eigenvalue weighted by Gasteiger charge is -2.21. The maximum absolute atomic E-state index is 12.5. The first-order chi connectivity index (χ1) is 13.6. The minimum Gasteiger partial charge on any atom is -0.445 e. The highest BCUT2D eigenvalue weighted by Crippen LogP contribution is 2.24. The number of ether oxygens (including phenoxy) is 2. The van der Waals surface area contributed by atoms with Crippen LogP contribution >= 0.6 is 0 Å². The van der Waals surface area contributed by atoms with Crippen molar-refractivity contribution in [2.24, 2.45) is 5.92 Å². The summed E-state index contributed by atoms with van der Waals surface area (Å²) in [5.41, 5.74) is 1.06. The molecule has 156 valence electrons. The molecule has 0 bridgehead atoms. The van der Waals surface area contributed by atoms with Crippen LogP contribution in [-0.2, 0) is 16.1 Å². The lowest BCUT2D eigenvalue weighted by atomic mass is 10.0. The van der Waals surface area contributed by atoms with Crippen molar-refractivity contribution in [1.82, 2.24) is 5.32 Å². The van der Waals surface area contributed by atoms with E-state index in [-0.39, 0.29) is 18.2 Å². The molecule has 6 nitrogen and oxygen atoms in total. The molecule has 9 heteroatoms. The molecule has 29 heavy (non-hydrogen) atoms. The van der Waals surface area contributed by atoms with Crippen molar-refractivity contribution < 1.29 is 32.2 Å². The third-order valence-corrected chi connectivity index (χ3v) is 3.79. The van der Waals surface area contributed by atoms with Crippen molar-refractivity contribution in [1.29, 1.82) is 0 Å². The summed E-state index contributed by atoms with van der Waals surface area (Å²) in [5.74, 6) is -1.19. The molecule has 0 unspecified atom stereocenters. The monoisotopic (exact) mass is 410 g/mol. The lowest BCUT2D eigenvalue weighted by molar-refractivity contribution is -0.274. The van der Waals surface area contributed by atoms with Crippen LogP contribution in [0.4, 0.5) is 23.7 Å². The number of halogens is 3. The first-order valence-electron chi connectivity index (χ1n) is 8.78. The van der Waals surface area contributed by atoms with E-state index in [1.54, 1.807) is 26.0 Å². The standard InChI is InChI=1S/C20H21F3N2O4/c1-13(2)17(25-19(27)28-12-14-6-4-3-5-7-14)18(26)24-15-8-10-16(11-9-15)29-20(21,22)23/h3-11,13,17H,12H2,1-2H3,(H,24,26)(H,25,27)/t17-/m0/s1. The number of alkyl carbamates (subject to hydrolysis) is 1. The second kappa shape index (κ2) is 9.81. The molecule has 0 saturated heterocycles. The molecular formula is C20H21F3N2O4. The molecule has 0 aliphatic heterocycles. The Morgan fingerprint density at radius 2 is 1.62 bits per heavy atom. The Hall–Kier alpha value is -3.23. The van der Waals surface area contributed by atoms with Crippen molar-refractivity contribution >= 4 is 17.7 Å². The van der Waals surface area contributed by atoms with E-state index in [0.29, 0.717) is 0 Å². The Balaban J connectivity index is 1.92. The van der Waals surface area contributed by atoms with Gasteiger partial charge in [-0.15, -0.1) is 13.2 Å². The first-order valence-corrected chi connectivity index (χ1v) is 8.78. The summed E-state index contributed by atoms with van der Waals surface area (Å²) in [6.07, 6.45) is -5.55. The predicted octanol–water partition coefficient (Wildman–Crippen LogP) is 4.47. The summed E-state index contributed by atoms with van der Waals surface area (Å²) in [4.78, 5) is 24.5. The van der Waals surface area contributed by atoms with Gasteiger partial charge in [0.1, 0.15) is 18.4 Å². The van der Waals surface area contributed by atoms with Gasteiger partial charge in [-0.25, -0.2) is 4.79 Å². The zero-order valence-corrected chi connectivity index (χ0v) is 15.8. The average Bonchev–Trinajstić information content (AvgIpc) is 2.65. The largest absolute Gasteiger partial charge is 0.573 e. The zero-order chi connectivity index (χ0) is 21.4. The topological polar surface area (TPSA) is 76.7 Å². The summed E-state index contributed by atoms with van der Waals surface area (Å²) >= 11 is 0. The van der Waals surface area contributed by atoms with Crippen LogP contribution in [0.5, 0.6) is 5.75 Å². The third kappa shape index (κ3) is 7.73. The number of rotatable bonds is 7. The molecule has 0 aromatic heterocycles. The van der Waals surface area contributed by atoms with Crippen molar-refractivity contribution in [3.05, 3.63) is 60.2 Å². The number of anilines is 1. The molecule has 0 heterocycles. The van der Waals surface area contributed by atoms with Crippen LogP contribution in [0, 0.1) is 5.92 Å². The fourth-order valence-corrected chi connectivity index (χ4v) is 2.39. The first kappa shape index (κ1) is 22.1. The average molecular weight is 410 g/mol. The number of benzene rings is 2. The molecule has 0 radical (unpaired) electrons. The van der Waals surface area contributed by atoms with Gasteiger partial charge in [0.2, 0.25) is 5.91 Å². The zero-order valence-electron chi connectivity index (χ0n) is 15.8. The van der Waals surface area contributed by atoms with Crippen molar-refractivity contribution in [3.8, 4) is 5.75 Å². The number of amides is 2. The highest BCUT2D eigenvalue weighted by atomic mass is 19.4. The van der Waals surface area contributed by atoms with Gasteiger partial charge in [-0.1, -0.05) is 44.2 Å². The van der Waals surface area contributed by atoms with Crippen LogP contribution in [0.1, 0.15) is 19.4 Å². The maximum atomic E-state index is 12.5. The summed E-state index contributed by atoms with van der Waals surface area (Å²) in [5, 5.41) is 5.05. The molecule has 1 atom stereocenters. The van der Waals surface area contributed by atoms with Crippen LogP contribution in [-0.4, -0.2) is 24.4 Å². The SMILES string of the molecule is CC(C)[C@H](NC(=O)OCc1ccccc1)C(=O)Nc1ccc(OC(F)(F)F)cc1. The minimum atomic E-state index is -4.79. The van der Waals surface area contributed by atoms with Crippen LogP contribution in [0.2, 0.25) is 0 Å². The van der Waals surface area contributed by atoms with E-state index < -0.39 is 30.2 Å². The lowest BCUT2D eigenvalue weighted by Crippen LogP contribution is -2.47. The Morgan fingerprint density at radius 3 is 2.17 bits per heavy atom. The van der Waals surface area contributed by atoms with Crippen molar-refractivity contribution in [3.63, 3.8) is 0 Å². The Labute approximate surface area is 166 Å². The molecule has 0 aliphatic rings. The van der Waals surface area contributed by atoms with Crippen molar-refractivity contribution in [2.45, 2.75) is 32.9 Å². The fourth-order valence-electron chi connectivity index (χ4n) is 2.39. The normalized spacial score (nSPS) is 12.2. The fraction of sp³-hybridized carbons (Fsp3) is 0.300. The summed E-state index contributed by atoms with van der Waals surface area (Å²) < 4.78 is 45.5. The van der Waals surface area contributed by atoms with E-state index in [4.69, 9.17) is 4.74 Å². The molecule has 2 rings (SSSR count). The van der Waals surface area contributed by atoms with Gasteiger partial charge in [0.05, 0.1) is 0 Å². The Morgan fingerprint density at radius 1 is 1.00 bits per heavy atom. The minimum absolute atomic E-state index is 0.0553. The summed E-state index contributed by atoms with van der Waals surface area (Å²) in [6, 6.07) is 12.9. The Bertz CT molecular complexity index is 809. The molecule has 0 fully saturated rings. The van der Waals surface area contributed by atoms with E-state index in [1.807, 2.05) is 18.2 Å². The van der Waals surface area contributed by atoms with Gasteiger partial charge in [0.25, 0.3) is 0 Å². The van der Waals surface area contributed by atoms with E-state index in [9.17, 15) is 22.8 Å². The summed E-state index contributed by atoms with van der Waals surface area (Å²) in [6.45, 7) is 3.53. The van der Waals surface area contributed by atoms with E-state index in [0.717, 1.165) is 17.7 Å². The number of carbonyl (C=O) groups excluding carboxylic acids is 2. The highest BCUT2D eigenvalue weighted by molar-refractivity contribution is 5.96. The van der Waals surface area contributed by atoms with Gasteiger partial charge in [0.15, 0.2) is 0 Å². The number of hydrogen-bond acceptors (Lipinski definition) is 4. The van der Waals surface area contributed by atoms with Crippen LogP contribution in [0.15, 0.2) is 54.6 Å². The molecule has 2 N–H and O–H groups in total. The van der Waals surface area contributed by atoms with Crippen LogP contribution in [0.3, 0.4) is 0 Å². The smallest absolute Gasteiger partial charge is 0.445 e. The molecule has 0 saturated carbocycles. The molecule has 2 aromatic rings. The number of nitrogens with one attached hydrogen (secondary N) is 2. The third-order valence-electron chi connectivity index (χ3n) is 3.79. The number of alkyl halides is 3. The number of carbonyl (C=O) groups is 2. The van der Waals surface area contributed by atoms with Crippen molar-refractivity contribution in [2.75, 3.05) is 5.32 Å². The second-order valence-electron chi connectivity index (χ2n) is 6.49. The van der Waals surface area contributed by atoms with Gasteiger partial charge in [-0.05, 0) is 35.7 Å². The molecule has 0 aliphatic carbocycles. The van der Waals surface area contributed by atoms with Gasteiger partial charge in [-0.2, -0.15) is 0 Å². The quantitative estimate of drug-likeness (QED) is 0.706. The Kier molecular flexibility index (Phi) is 7.46. The number of hydrogen-bond donors (Lipinski definition) is 2. The molecular weight excluding hydrogens is 389 g/mol. The van der Waals surface area contributed by atoms with Crippen LogP contribution in [0.25, 0.3) is 0 Å². The molecule has 2 aromatic carbocycles. The van der Waals surface area contributed by atoms with Gasteiger partial charge >= 0.3 is 12.5 Å². The summed E-state index contributed by atoms with van der Waals surface area (Å²) in [7, 11) is 0.